The van der Waals surface area contributed by atoms with Crippen molar-refractivity contribution in [3.05, 3.63) is 53.1 Å². The first-order valence-electron chi connectivity index (χ1n) is 15.8. The first kappa shape index (κ1) is 38.6. The molecule has 2 aliphatic heterocycles. The van der Waals surface area contributed by atoms with Gasteiger partial charge in [0.1, 0.15) is 17.3 Å². The number of nitrogens with one attached hydrogen (secondary N) is 2. The number of aliphatic carboxylic acids is 2. The molecule has 0 spiro atoms. The van der Waals surface area contributed by atoms with Crippen molar-refractivity contribution in [2.75, 3.05) is 38.2 Å². The van der Waals surface area contributed by atoms with Crippen LogP contribution in [0, 0.1) is 10.8 Å². The molecule has 1 fully saturated rings. The van der Waals surface area contributed by atoms with E-state index in [1.807, 2.05) is 45.9 Å². The van der Waals surface area contributed by atoms with Gasteiger partial charge in [-0.05, 0) is 49.6 Å². The number of ketones is 1. The van der Waals surface area contributed by atoms with Crippen LogP contribution in [0.2, 0.25) is 0 Å². The number of anilines is 1. The van der Waals surface area contributed by atoms with Crippen LogP contribution in [0.1, 0.15) is 74.9 Å². The van der Waals surface area contributed by atoms with Crippen molar-refractivity contribution in [3.8, 4) is 11.5 Å². The number of ether oxygens (including phenoxy) is 2. The molecule has 2 aromatic carbocycles. The Bertz CT molecular complexity index is 1570. The third-order valence-electron chi connectivity index (χ3n) is 8.43. The molecule has 2 aliphatic rings. The highest BCUT2D eigenvalue weighted by Crippen LogP contribution is 2.42. The number of para-hydroxylation sites is 2. The summed E-state index contributed by atoms with van der Waals surface area (Å²) in [7, 11) is 1.53. The minimum Gasteiger partial charge on any atom is -0.493 e. The number of nitrogens with zero attached hydrogens (tertiary/aromatic N) is 2. The van der Waals surface area contributed by atoms with Gasteiger partial charge in [0, 0.05) is 50.5 Å². The van der Waals surface area contributed by atoms with Gasteiger partial charge in [0.05, 0.1) is 24.4 Å². The van der Waals surface area contributed by atoms with E-state index >= 15 is 0 Å². The van der Waals surface area contributed by atoms with E-state index in [1.54, 1.807) is 23.1 Å². The number of benzene rings is 2. The molecular formula is C34H43F3N4O8. The third kappa shape index (κ3) is 9.00. The topological polar surface area (TPSA) is 170 Å². The second kappa shape index (κ2) is 15.6. The Kier molecular flexibility index (Phi) is 12.3. The molecule has 49 heavy (non-hydrogen) atoms. The zero-order chi connectivity index (χ0) is 36.7. The first-order chi connectivity index (χ1) is 22.9. The fraction of sp³-hybridized carbons (Fsp3) is 0.500. The number of carboxylic acids is 2. The maximum atomic E-state index is 13.3. The lowest BCUT2D eigenvalue weighted by atomic mass is 9.73. The maximum Gasteiger partial charge on any atom is 0.490 e. The molecule has 0 aliphatic carbocycles. The quantitative estimate of drug-likeness (QED) is 0.234. The average Bonchev–Trinajstić information content (AvgIpc) is 3.66. The Hall–Kier alpha value is -4.82. The van der Waals surface area contributed by atoms with Crippen molar-refractivity contribution in [2.24, 2.45) is 5.41 Å². The lowest BCUT2D eigenvalue weighted by Crippen LogP contribution is -2.55. The summed E-state index contributed by atoms with van der Waals surface area (Å²) in [4.78, 5) is 51.4. The monoisotopic (exact) mass is 692 g/mol. The molecule has 15 heteroatoms. The van der Waals surface area contributed by atoms with Gasteiger partial charge < -0.3 is 34.8 Å². The number of halogens is 3. The summed E-state index contributed by atoms with van der Waals surface area (Å²) in [6.07, 6.45) is -3.01. The number of rotatable bonds is 12. The Labute approximate surface area is 282 Å². The van der Waals surface area contributed by atoms with Crippen LogP contribution in [0.3, 0.4) is 0 Å². The molecule has 4 N–H and O–H groups in total. The van der Waals surface area contributed by atoms with Crippen molar-refractivity contribution in [1.29, 1.82) is 5.41 Å². The van der Waals surface area contributed by atoms with Crippen molar-refractivity contribution < 1.29 is 52.0 Å². The number of amides is 1. The molecule has 1 atom stereocenters. The Balaban J connectivity index is 0.000000838. The summed E-state index contributed by atoms with van der Waals surface area (Å²) in [5.41, 5.74) is 0.0663. The van der Waals surface area contributed by atoms with Crippen LogP contribution >= 0.6 is 0 Å². The summed E-state index contributed by atoms with van der Waals surface area (Å²) < 4.78 is 43.8. The van der Waals surface area contributed by atoms with E-state index in [0.717, 1.165) is 37.2 Å². The first-order valence-corrected chi connectivity index (χ1v) is 15.8. The average molecular weight is 693 g/mol. The lowest BCUT2D eigenvalue weighted by Gasteiger charge is -2.42. The Morgan fingerprint density at radius 3 is 2.12 bits per heavy atom. The maximum absolute atomic E-state index is 13.3. The number of fused-ring (bicyclic) bond motifs is 1. The van der Waals surface area contributed by atoms with Gasteiger partial charge in [-0.3, -0.25) is 15.0 Å². The number of carbonyl (C=O) groups is 4. The molecule has 0 radical (unpaired) electrons. The highest BCUT2D eigenvalue weighted by atomic mass is 19.4. The number of alkyl halides is 3. The highest BCUT2D eigenvalue weighted by Gasteiger charge is 2.52. The molecular weight excluding hydrogens is 649 g/mol. The smallest absolute Gasteiger partial charge is 0.490 e. The second-order valence-electron chi connectivity index (χ2n) is 12.7. The summed E-state index contributed by atoms with van der Waals surface area (Å²) in [5.74, 6) is -3.32. The minimum absolute atomic E-state index is 0.0254. The molecule has 0 aromatic heterocycles. The predicted octanol–water partition coefficient (Wildman–Crippen LogP) is 5.12. The van der Waals surface area contributed by atoms with E-state index in [9.17, 15) is 32.7 Å². The van der Waals surface area contributed by atoms with Crippen molar-refractivity contribution in [1.82, 2.24) is 10.2 Å². The predicted molar refractivity (Wildman–Crippen MR) is 175 cm³/mol. The number of carbonyl (C=O) groups excluding carboxylic acids is 2. The summed E-state index contributed by atoms with van der Waals surface area (Å²) in [6, 6.07) is 10.9. The van der Waals surface area contributed by atoms with Gasteiger partial charge >= 0.3 is 18.1 Å². The van der Waals surface area contributed by atoms with Crippen LogP contribution in [0.25, 0.3) is 0 Å². The van der Waals surface area contributed by atoms with Gasteiger partial charge in [0.25, 0.3) is 5.91 Å². The fourth-order valence-corrected chi connectivity index (χ4v) is 5.76. The highest BCUT2D eigenvalue weighted by molar-refractivity contribution is 6.06. The number of hydrogen-bond donors (Lipinski definition) is 4. The van der Waals surface area contributed by atoms with Gasteiger partial charge in [-0.1, -0.05) is 32.9 Å². The molecule has 2 heterocycles. The van der Waals surface area contributed by atoms with Crippen LogP contribution in [0.4, 0.5) is 18.9 Å². The van der Waals surface area contributed by atoms with E-state index in [-0.39, 0.29) is 36.9 Å². The van der Waals surface area contributed by atoms with Crippen LogP contribution in [-0.4, -0.2) is 89.6 Å². The summed E-state index contributed by atoms with van der Waals surface area (Å²) in [5, 5.41) is 29.0. The Morgan fingerprint density at radius 2 is 1.59 bits per heavy atom. The molecule has 1 unspecified atom stereocenters. The number of hydrogen-bond acceptors (Lipinski definition) is 8. The van der Waals surface area contributed by atoms with Crippen LogP contribution < -0.4 is 19.7 Å². The molecule has 0 bridgehead atoms. The van der Waals surface area contributed by atoms with E-state index in [4.69, 9.17) is 24.8 Å². The molecule has 268 valence electrons. The van der Waals surface area contributed by atoms with Gasteiger partial charge in [-0.15, -0.1) is 0 Å². The van der Waals surface area contributed by atoms with Crippen LogP contribution in [-0.2, 0) is 20.9 Å². The summed E-state index contributed by atoms with van der Waals surface area (Å²) in [6.45, 7) is 9.69. The van der Waals surface area contributed by atoms with Crippen molar-refractivity contribution in [3.63, 3.8) is 0 Å². The van der Waals surface area contributed by atoms with Gasteiger partial charge in [0.2, 0.25) is 5.60 Å². The number of Topliss-reactive ketones (excluding diaryl/α,β-unsaturated/α-hetero) is 1. The molecule has 12 nitrogen and oxygen atoms in total. The minimum atomic E-state index is -5.08. The standard InChI is InChI=1S/C32H42N4O6.C2HF3O2/c1-6-41-27-17-21-19-36(28(33)23(21)18-24(27)29(38)34-5)20-22(37)13-14-32(30(39)40,31(2,3)4)42-26-12-8-7-11-25(26)35-15-9-10-16-35;3-2(4,5)1(6)7/h7-8,11-12,17-18,33H,6,9-10,13-16,19-20H2,1-5H3,(H,34,38)(H,39,40);(H,6,7). The van der Waals surface area contributed by atoms with Gasteiger partial charge in [-0.2, -0.15) is 13.2 Å². The largest absolute Gasteiger partial charge is 0.493 e. The zero-order valence-corrected chi connectivity index (χ0v) is 28.2. The van der Waals surface area contributed by atoms with Gasteiger partial charge in [-0.25, -0.2) is 9.59 Å². The Morgan fingerprint density at radius 1 is 0.980 bits per heavy atom. The third-order valence-corrected chi connectivity index (χ3v) is 8.43. The van der Waals surface area contributed by atoms with E-state index in [2.05, 4.69) is 10.2 Å². The van der Waals surface area contributed by atoms with Crippen LogP contribution in [0.5, 0.6) is 11.5 Å². The fourth-order valence-electron chi connectivity index (χ4n) is 5.76. The molecule has 2 aromatic rings. The van der Waals surface area contributed by atoms with Crippen molar-refractivity contribution in [2.45, 2.75) is 71.7 Å². The van der Waals surface area contributed by atoms with Crippen LogP contribution in [0.15, 0.2) is 36.4 Å². The molecule has 1 amide bonds. The van der Waals surface area contributed by atoms with Gasteiger partial charge in [0.15, 0.2) is 5.78 Å². The van der Waals surface area contributed by atoms with E-state index in [0.29, 0.717) is 35.8 Å². The second-order valence-corrected chi connectivity index (χ2v) is 12.7. The van der Waals surface area contributed by atoms with E-state index in [1.165, 1.54) is 7.05 Å². The lowest BCUT2D eigenvalue weighted by molar-refractivity contribution is -0.192. The number of amidine groups is 1. The molecule has 4 rings (SSSR count). The van der Waals surface area contributed by atoms with Crippen molar-refractivity contribution >= 4 is 35.2 Å². The normalized spacial score (nSPS) is 15.5. The molecule has 1 saturated heterocycles. The zero-order valence-electron chi connectivity index (χ0n) is 28.2. The number of carboxylic acid groups (broad SMARTS) is 2. The van der Waals surface area contributed by atoms with E-state index < -0.39 is 29.1 Å². The summed E-state index contributed by atoms with van der Waals surface area (Å²) >= 11 is 0. The molecule has 0 saturated carbocycles. The SMILES string of the molecule is CCOc1cc2c(cc1C(=O)NC)C(=N)N(CC(=O)CCC(Oc1ccccc1N1CCCC1)(C(=O)O)C(C)(C)C)C2.O=C(O)C(F)(F)F.